The van der Waals surface area contributed by atoms with Gasteiger partial charge in [0.15, 0.2) is 0 Å². The van der Waals surface area contributed by atoms with Gasteiger partial charge in [-0.3, -0.25) is 0 Å². The quantitative estimate of drug-likeness (QED) is 0.814. The molecule has 3 nitrogen and oxygen atoms in total. The van der Waals surface area contributed by atoms with Gasteiger partial charge in [0, 0.05) is 17.0 Å². The first kappa shape index (κ1) is 15.8. The van der Waals surface area contributed by atoms with Crippen molar-refractivity contribution in [3.8, 4) is 0 Å². The van der Waals surface area contributed by atoms with Crippen LogP contribution < -0.4 is 0 Å². The van der Waals surface area contributed by atoms with Crippen molar-refractivity contribution in [3.63, 3.8) is 0 Å². The lowest BCUT2D eigenvalue weighted by Crippen LogP contribution is -2.35. The average molecular weight is 299 g/mol. The van der Waals surface area contributed by atoms with E-state index >= 15 is 0 Å². The molecule has 1 atom stereocenters. The van der Waals surface area contributed by atoms with Gasteiger partial charge in [0.1, 0.15) is 0 Å². The highest BCUT2D eigenvalue weighted by molar-refractivity contribution is 6.31. The summed E-state index contributed by atoms with van der Waals surface area (Å²) in [5.41, 5.74) is 0.177. The van der Waals surface area contributed by atoms with E-state index in [1.54, 1.807) is 6.07 Å². The maximum atomic E-state index is 9.80. The zero-order valence-electron chi connectivity index (χ0n) is 11.7. The molecule has 0 bridgehead atoms. The monoisotopic (exact) mass is 298 g/mol. The highest BCUT2D eigenvalue weighted by Crippen LogP contribution is 2.35. The van der Waals surface area contributed by atoms with Gasteiger partial charge in [0.05, 0.1) is 19.3 Å². The molecule has 0 aliphatic carbocycles. The molecular weight excluding hydrogens is 276 g/mol. The van der Waals surface area contributed by atoms with Crippen LogP contribution in [0.5, 0.6) is 0 Å². The van der Waals surface area contributed by atoms with Crippen LogP contribution in [-0.4, -0.2) is 36.1 Å². The van der Waals surface area contributed by atoms with Gasteiger partial charge in [0.25, 0.3) is 0 Å². The molecule has 1 aliphatic rings. The minimum Gasteiger partial charge on any atom is -0.395 e. The predicted octanol–water partition coefficient (Wildman–Crippen LogP) is 2.91. The van der Waals surface area contributed by atoms with Crippen LogP contribution in [0.2, 0.25) is 5.02 Å². The molecule has 0 amide bonds. The number of aliphatic hydroxyl groups is 2. The number of hydrogen-bond donors (Lipinski definition) is 2. The summed E-state index contributed by atoms with van der Waals surface area (Å²) in [6, 6.07) is 7.44. The van der Waals surface area contributed by atoms with E-state index < -0.39 is 5.41 Å². The lowest BCUT2D eigenvalue weighted by Gasteiger charge is -2.31. The summed E-state index contributed by atoms with van der Waals surface area (Å²) in [5.74, 6) is 0. The minimum atomic E-state index is -0.656. The van der Waals surface area contributed by atoms with Gasteiger partial charge in [-0.25, -0.2) is 0 Å². The Labute approximate surface area is 125 Å². The number of rotatable bonds is 7. The van der Waals surface area contributed by atoms with E-state index in [1.165, 1.54) is 0 Å². The number of benzene rings is 1. The molecule has 4 heteroatoms. The van der Waals surface area contributed by atoms with E-state index in [-0.39, 0.29) is 13.2 Å². The van der Waals surface area contributed by atoms with Crippen molar-refractivity contribution in [2.24, 2.45) is 0 Å². The highest BCUT2D eigenvalue weighted by Gasteiger charge is 2.32. The van der Waals surface area contributed by atoms with Crippen molar-refractivity contribution in [1.29, 1.82) is 0 Å². The SMILES string of the molecule is OCC(CO)(CCCC1CCCO1)c1ccccc1Cl. The molecule has 1 aromatic rings. The lowest BCUT2D eigenvalue weighted by atomic mass is 9.77. The van der Waals surface area contributed by atoms with Gasteiger partial charge in [0.2, 0.25) is 0 Å². The molecule has 1 aromatic carbocycles. The zero-order valence-corrected chi connectivity index (χ0v) is 12.5. The number of aliphatic hydroxyl groups excluding tert-OH is 2. The van der Waals surface area contributed by atoms with Crippen LogP contribution in [-0.2, 0) is 10.2 Å². The van der Waals surface area contributed by atoms with Crippen LogP contribution in [0.1, 0.15) is 37.7 Å². The fourth-order valence-corrected chi connectivity index (χ4v) is 3.28. The second-order valence-electron chi connectivity index (χ2n) is 5.60. The van der Waals surface area contributed by atoms with Gasteiger partial charge in [-0.1, -0.05) is 29.8 Å². The van der Waals surface area contributed by atoms with Gasteiger partial charge in [-0.05, 0) is 43.7 Å². The lowest BCUT2D eigenvalue weighted by molar-refractivity contribution is 0.0841. The second-order valence-corrected chi connectivity index (χ2v) is 6.01. The molecule has 0 saturated carbocycles. The largest absolute Gasteiger partial charge is 0.395 e. The molecule has 0 radical (unpaired) electrons. The van der Waals surface area contributed by atoms with Gasteiger partial charge in [-0.15, -0.1) is 0 Å². The maximum Gasteiger partial charge on any atom is 0.0576 e. The molecule has 112 valence electrons. The molecule has 1 saturated heterocycles. The topological polar surface area (TPSA) is 49.7 Å². The number of halogens is 1. The maximum absolute atomic E-state index is 9.80. The van der Waals surface area contributed by atoms with Gasteiger partial charge >= 0.3 is 0 Å². The van der Waals surface area contributed by atoms with Crippen molar-refractivity contribution >= 4 is 11.6 Å². The first-order valence-corrected chi connectivity index (χ1v) is 7.68. The first-order valence-electron chi connectivity index (χ1n) is 7.30. The van der Waals surface area contributed by atoms with Crippen molar-refractivity contribution in [1.82, 2.24) is 0 Å². The van der Waals surface area contributed by atoms with Crippen LogP contribution in [0.15, 0.2) is 24.3 Å². The Bertz CT molecular complexity index is 412. The third kappa shape index (κ3) is 3.53. The second kappa shape index (κ2) is 7.41. The van der Waals surface area contributed by atoms with Crippen molar-refractivity contribution < 1.29 is 14.9 Å². The van der Waals surface area contributed by atoms with Crippen LogP contribution in [0.25, 0.3) is 0 Å². The van der Waals surface area contributed by atoms with Crippen LogP contribution in [0, 0.1) is 0 Å². The molecule has 20 heavy (non-hydrogen) atoms. The summed E-state index contributed by atoms with van der Waals surface area (Å²) >= 11 is 6.23. The Morgan fingerprint density at radius 1 is 1.25 bits per heavy atom. The Hall–Kier alpha value is -0.610. The predicted molar refractivity (Wildman–Crippen MR) is 80.1 cm³/mol. The molecule has 1 aliphatic heterocycles. The summed E-state index contributed by atoms with van der Waals surface area (Å²) in [6.45, 7) is 0.665. The fraction of sp³-hybridized carbons (Fsp3) is 0.625. The van der Waals surface area contributed by atoms with E-state index in [1.807, 2.05) is 18.2 Å². The normalized spacial score (nSPS) is 19.4. The van der Waals surface area contributed by atoms with Gasteiger partial charge < -0.3 is 14.9 Å². The van der Waals surface area contributed by atoms with Crippen LogP contribution >= 0.6 is 11.6 Å². The zero-order chi connectivity index (χ0) is 14.4. The molecule has 2 N–H and O–H groups in total. The van der Waals surface area contributed by atoms with Gasteiger partial charge in [-0.2, -0.15) is 0 Å². The Morgan fingerprint density at radius 2 is 2.00 bits per heavy atom. The smallest absolute Gasteiger partial charge is 0.0576 e. The molecule has 1 unspecified atom stereocenters. The van der Waals surface area contributed by atoms with Crippen LogP contribution in [0.4, 0.5) is 0 Å². The van der Waals surface area contributed by atoms with E-state index in [4.69, 9.17) is 16.3 Å². The molecular formula is C16H23ClO3. The molecule has 0 aromatic heterocycles. The van der Waals surface area contributed by atoms with E-state index in [0.29, 0.717) is 17.5 Å². The van der Waals surface area contributed by atoms with E-state index in [0.717, 1.165) is 37.9 Å². The average Bonchev–Trinajstić information content (AvgIpc) is 2.98. The van der Waals surface area contributed by atoms with Crippen molar-refractivity contribution in [3.05, 3.63) is 34.9 Å². The summed E-state index contributed by atoms with van der Waals surface area (Å²) in [7, 11) is 0. The van der Waals surface area contributed by atoms with Crippen LogP contribution in [0.3, 0.4) is 0 Å². The summed E-state index contributed by atoms with van der Waals surface area (Å²) < 4.78 is 5.61. The molecule has 2 rings (SSSR count). The van der Waals surface area contributed by atoms with E-state index in [9.17, 15) is 10.2 Å². The van der Waals surface area contributed by atoms with Crippen molar-refractivity contribution in [2.75, 3.05) is 19.8 Å². The Morgan fingerprint density at radius 3 is 2.60 bits per heavy atom. The van der Waals surface area contributed by atoms with E-state index in [2.05, 4.69) is 0 Å². The van der Waals surface area contributed by atoms with Crippen molar-refractivity contribution in [2.45, 2.75) is 43.6 Å². The third-order valence-electron chi connectivity index (χ3n) is 4.26. The fourth-order valence-electron chi connectivity index (χ4n) is 2.94. The molecule has 1 heterocycles. The highest BCUT2D eigenvalue weighted by atomic mass is 35.5. The molecule has 0 spiro atoms. The summed E-state index contributed by atoms with van der Waals surface area (Å²) in [5, 5.41) is 20.2. The Balaban J connectivity index is 2.03. The number of ether oxygens (including phenoxy) is 1. The number of hydrogen-bond acceptors (Lipinski definition) is 3. The summed E-state index contributed by atoms with van der Waals surface area (Å²) in [4.78, 5) is 0. The molecule has 1 fully saturated rings. The summed E-state index contributed by atoms with van der Waals surface area (Å²) in [6.07, 6.45) is 5.21. The first-order chi connectivity index (χ1) is 9.72. The third-order valence-corrected chi connectivity index (χ3v) is 4.59. The minimum absolute atomic E-state index is 0.0985. The Kier molecular flexibility index (Phi) is 5.85. The standard InChI is InChI=1S/C16H23ClO3/c17-15-8-2-1-7-14(15)16(11-18,12-19)9-3-5-13-6-4-10-20-13/h1-2,7-8,13,18-19H,3-6,9-12H2.